The van der Waals surface area contributed by atoms with Crippen molar-refractivity contribution >= 4 is 29.1 Å². The third-order valence-electron chi connectivity index (χ3n) is 4.48. The molecular formula is C24H23NO2S. The number of amides is 1. The minimum atomic E-state index is -0.146. The number of carbonyl (C=O) groups excluding carboxylic acids is 2. The minimum Gasteiger partial charge on any atom is -0.322 e. The number of benzene rings is 3. The second-order valence-corrected chi connectivity index (χ2v) is 7.88. The summed E-state index contributed by atoms with van der Waals surface area (Å²) in [5.41, 5.74) is 5.41. The highest BCUT2D eigenvalue weighted by Gasteiger charge is 2.12. The van der Waals surface area contributed by atoms with Crippen molar-refractivity contribution in [2.45, 2.75) is 25.7 Å². The van der Waals surface area contributed by atoms with Crippen LogP contribution in [-0.4, -0.2) is 17.4 Å². The summed E-state index contributed by atoms with van der Waals surface area (Å²) in [4.78, 5) is 25.9. The Balaban J connectivity index is 1.69. The van der Waals surface area contributed by atoms with Gasteiger partial charge in [-0.25, -0.2) is 0 Å². The molecule has 0 unspecified atom stereocenters. The van der Waals surface area contributed by atoms with E-state index in [0.717, 1.165) is 21.7 Å². The molecule has 1 N–H and O–H groups in total. The van der Waals surface area contributed by atoms with Gasteiger partial charge in [-0.3, -0.25) is 9.59 Å². The molecule has 0 atom stereocenters. The standard InChI is InChI=1S/C24H23NO2S/c1-16-12-17(2)23(18(3)13-16)25-24(27)20-10-7-11-21(14-20)28-15-22(26)19-8-5-4-6-9-19/h4-14H,15H2,1-3H3,(H,25,27). The Bertz CT molecular complexity index is 989. The molecule has 0 aliphatic carbocycles. The Morgan fingerprint density at radius 3 is 2.14 bits per heavy atom. The predicted octanol–water partition coefficient (Wildman–Crippen LogP) is 5.84. The van der Waals surface area contributed by atoms with Crippen LogP contribution in [-0.2, 0) is 0 Å². The van der Waals surface area contributed by atoms with E-state index in [1.54, 1.807) is 6.07 Å². The number of rotatable bonds is 6. The van der Waals surface area contributed by atoms with Crippen molar-refractivity contribution in [3.8, 4) is 0 Å². The fourth-order valence-corrected chi connectivity index (χ4v) is 4.00. The van der Waals surface area contributed by atoms with E-state index in [-0.39, 0.29) is 11.7 Å². The molecule has 3 aromatic rings. The highest BCUT2D eigenvalue weighted by molar-refractivity contribution is 8.00. The van der Waals surface area contributed by atoms with Crippen molar-refractivity contribution in [1.29, 1.82) is 0 Å². The summed E-state index contributed by atoms with van der Waals surface area (Å²) in [7, 11) is 0. The van der Waals surface area contributed by atoms with Crippen molar-refractivity contribution in [3.05, 3.63) is 94.5 Å². The molecule has 0 bridgehead atoms. The van der Waals surface area contributed by atoms with E-state index < -0.39 is 0 Å². The highest BCUT2D eigenvalue weighted by Crippen LogP contribution is 2.24. The van der Waals surface area contributed by atoms with E-state index in [4.69, 9.17) is 0 Å². The molecule has 0 spiro atoms. The molecule has 0 saturated carbocycles. The Kier molecular flexibility index (Phi) is 6.32. The smallest absolute Gasteiger partial charge is 0.255 e. The monoisotopic (exact) mass is 389 g/mol. The summed E-state index contributed by atoms with van der Waals surface area (Å²) in [5, 5.41) is 3.02. The number of Topliss-reactive ketones (excluding diaryl/α,β-unsaturated/α-hetero) is 1. The Hall–Kier alpha value is -2.85. The maximum absolute atomic E-state index is 12.7. The van der Waals surface area contributed by atoms with E-state index in [1.165, 1.54) is 17.3 Å². The number of hydrogen-bond acceptors (Lipinski definition) is 3. The van der Waals surface area contributed by atoms with E-state index in [2.05, 4.69) is 17.4 Å². The lowest BCUT2D eigenvalue weighted by atomic mass is 10.0. The number of hydrogen-bond donors (Lipinski definition) is 1. The van der Waals surface area contributed by atoms with Crippen molar-refractivity contribution in [2.75, 3.05) is 11.1 Å². The molecule has 0 fully saturated rings. The molecule has 0 aromatic heterocycles. The van der Waals surface area contributed by atoms with Crippen LogP contribution < -0.4 is 5.32 Å². The molecule has 0 saturated heterocycles. The predicted molar refractivity (Wildman–Crippen MR) is 117 cm³/mol. The van der Waals surface area contributed by atoms with E-state index in [1.807, 2.05) is 69.3 Å². The quantitative estimate of drug-likeness (QED) is 0.425. The zero-order valence-corrected chi connectivity index (χ0v) is 17.1. The molecular weight excluding hydrogens is 366 g/mol. The average Bonchev–Trinajstić information content (AvgIpc) is 2.69. The Morgan fingerprint density at radius 1 is 0.821 bits per heavy atom. The molecule has 28 heavy (non-hydrogen) atoms. The largest absolute Gasteiger partial charge is 0.322 e. The Morgan fingerprint density at radius 2 is 1.46 bits per heavy atom. The van der Waals surface area contributed by atoms with Crippen LogP contribution in [0.1, 0.15) is 37.4 Å². The van der Waals surface area contributed by atoms with Gasteiger partial charge in [0, 0.05) is 21.7 Å². The molecule has 142 valence electrons. The van der Waals surface area contributed by atoms with Gasteiger partial charge in [-0.2, -0.15) is 0 Å². The normalized spacial score (nSPS) is 10.5. The summed E-state index contributed by atoms with van der Waals surface area (Å²) in [6, 6.07) is 20.8. The SMILES string of the molecule is Cc1cc(C)c(NC(=O)c2cccc(SCC(=O)c3ccccc3)c2)c(C)c1. The number of anilines is 1. The van der Waals surface area contributed by atoms with Crippen LogP contribution in [0.4, 0.5) is 5.69 Å². The van der Waals surface area contributed by atoms with Gasteiger partial charge in [-0.05, 0) is 50.1 Å². The van der Waals surface area contributed by atoms with E-state index in [0.29, 0.717) is 16.9 Å². The molecule has 1 amide bonds. The summed E-state index contributed by atoms with van der Waals surface area (Å²) in [6.45, 7) is 6.04. The summed E-state index contributed by atoms with van der Waals surface area (Å²) in [5.74, 6) is 0.267. The van der Waals surface area contributed by atoms with Gasteiger partial charge in [-0.15, -0.1) is 11.8 Å². The molecule has 0 heterocycles. The van der Waals surface area contributed by atoms with Crippen molar-refractivity contribution in [1.82, 2.24) is 0 Å². The summed E-state index contributed by atoms with van der Waals surface area (Å²) < 4.78 is 0. The highest BCUT2D eigenvalue weighted by atomic mass is 32.2. The van der Waals surface area contributed by atoms with Crippen LogP contribution in [0.2, 0.25) is 0 Å². The number of carbonyl (C=O) groups is 2. The molecule has 0 aliphatic heterocycles. The first-order valence-electron chi connectivity index (χ1n) is 9.14. The second kappa shape index (κ2) is 8.89. The first-order valence-corrected chi connectivity index (χ1v) is 10.1. The molecule has 0 radical (unpaired) electrons. The number of nitrogens with one attached hydrogen (secondary N) is 1. The van der Waals surface area contributed by atoms with Crippen LogP contribution in [0.3, 0.4) is 0 Å². The minimum absolute atomic E-state index is 0.0753. The fraction of sp³-hybridized carbons (Fsp3) is 0.167. The zero-order valence-electron chi connectivity index (χ0n) is 16.3. The van der Waals surface area contributed by atoms with Crippen LogP contribution in [0.5, 0.6) is 0 Å². The van der Waals surface area contributed by atoms with E-state index in [9.17, 15) is 9.59 Å². The summed E-state index contributed by atoms with van der Waals surface area (Å²) >= 11 is 1.44. The topological polar surface area (TPSA) is 46.2 Å². The lowest BCUT2D eigenvalue weighted by molar-refractivity contribution is 0.101. The number of ketones is 1. The lowest BCUT2D eigenvalue weighted by Gasteiger charge is -2.13. The maximum atomic E-state index is 12.7. The van der Waals surface area contributed by atoms with E-state index >= 15 is 0 Å². The number of aryl methyl sites for hydroxylation is 3. The number of thioether (sulfide) groups is 1. The van der Waals surface area contributed by atoms with Crippen LogP contribution in [0.25, 0.3) is 0 Å². The van der Waals surface area contributed by atoms with Gasteiger partial charge in [0.25, 0.3) is 5.91 Å². The third kappa shape index (κ3) is 4.90. The molecule has 3 nitrogen and oxygen atoms in total. The molecule has 0 aliphatic rings. The zero-order chi connectivity index (χ0) is 20.1. The average molecular weight is 390 g/mol. The second-order valence-electron chi connectivity index (χ2n) is 6.83. The van der Waals surface area contributed by atoms with Gasteiger partial charge < -0.3 is 5.32 Å². The van der Waals surface area contributed by atoms with Crippen LogP contribution >= 0.6 is 11.8 Å². The van der Waals surface area contributed by atoms with Crippen molar-refractivity contribution in [3.63, 3.8) is 0 Å². The van der Waals surface area contributed by atoms with Crippen molar-refractivity contribution < 1.29 is 9.59 Å². The van der Waals surface area contributed by atoms with Crippen LogP contribution in [0, 0.1) is 20.8 Å². The molecule has 3 aromatic carbocycles. The lowest BCUT2D eigenvalue weighted by Crippen LogP contribution is -2.14. The molecule has 3 rings (SSSR count). The first-order chi connectivity index (χ1) is 13.4. The van der Waals surface area contributed by atoms with Gasteiger partial charge in [0.05, 0.1) is 5.75 Å². The molecule has 4 heteroatoms. The van der Waals surface area contributed by atoms with Gasteiger partial charge in [0.2, 0.25) is 0 Å². The Labute approximate surface area is 170 Å². The first kappa shape index (κ1) is 19.9. The summed E-state index contributed by atoms with van der Waals surface area (Å²) in [6.07, 6.45) is 0. The van der Waals surface area contributed by atoms with Gasteiger partial charge in [-0.1, -0.05) is 54.1 Å². The van der Waals surface area contributed by atoms with Crippen molar-refractivity contribution in [2.24, 2.45) is 0 Å². The van der Waals surface area contributed by atoms with Gasteiger partial charge >= 0.3 is 0 Å². The third-order valence-corrected chi connectivity index (χ3v) is 5.47. The fourth-order valence-electron chi connectivity index (χ4n) is 3.15. The van der Waals surface area contributed by atoms with Gasteiger partial charge in [0.1, 0.15) is 0 Å². The van der Waals surface area contributed by atoms with Crippen LogP contribution in [0.15, 0.2) is 71.6 Å². The van der Waals surface area contributed by atoms with Gasteiger partial charge in [0.15, 0.2) is 5.78 Å². The maximum Gasteiger partial charge on any atom is 0.255 e.